The maximum absolute atomic E-state index is 13.0. The van der Waals surface area contributed by atoms with Crippen LogP contribution in [0.1, 0.15) is 0 Å². The molecule has 0 aromatic carbocycles. The van der Waals surface area contributed by atoms with Crippen molar-refractivity contribution >= 4 is 70.8 Å². The molecule has 21 saturated heterocycles. The standard InChI is InChI=1S/C56H98O49S7/c1-78-36-29-22(15-106(57,58)59)92-50(43(36)85-8)100-30-23(16-107(60,61)62)94-52(45(87-10)37(30)79-2)102-32-25(18-109(66,67)68)96-54(47(89-12)39(32)81-4)104-34-27(20-111(72,73)74)98-56(49(91-14)41(34)83-6)105-35-28(21-112(75,76)77)97-55(48(90-13)42(35)84-7)103-33-26(19-110(69,70)71)95-53(46(88-11)40(33)82-5)101-31-24(17-108(63,64)65)93-51(99-29)44(86-9)38(31)80-3/h22-56H,15-21H2,1-14H3,(H,57,58,59)(H,60,61,62)(H,63,64,65)(H,66,67,68)(H,69,70,71)(H,72,73,74)(H,75,76,77)/p-7/t22-,23-,24-,25-,26+,27+,28+,29-,30-,31-,32-,33+,34+,35+,36-,37-,38-,39-,40+,41+,42+,43+,44+,45+,46-,47-,48-,49-,50-,51-,52-,53+,54?,55+,56+/m1/s1. The van der Waals surface area contributed by atoms with E-state index in [9.17, 15) is 90.8 Å². The third-order valence-electron chi connectivity index (χ3n) is 19.6. The zero-order chi connectivity index (χ0) is 83.5. The molecule has 0 aromatic rings. The average Bonchev–Trinajstić information content (AvgIpc) is 0.762. The van der Waals surface area contributed by atoms with Crippen LogP contribution in [-0.2, 0) is 203 Å². The van der Waals surface area contributed by atoms with E-state index in [1.54, 1.807) is 0 Å². The van der Waals surface area contributed by atoms with E-state index in [2.05, 4.69) is 0 Å². The summed E-state index contributed by atoms with van der Waals surface area (Å²) in [5, 5.41) is 0. The minimum Gasteiger partial charge on any atom is -0.748 e. The number of rotatable bonds is 28. The highest BCUT2D eigenvalue weighted by Crippen LogP contribution is 2.44. The minimum atomic E-state index is -5.56. The van der Waals surface area contributed by atoms with Crippen LogP contribution in [0.2, 0.25) is 0 Å². The van der Waals surface area contributed by atoms with Gasteiger partial charge in [0.1, 0.15) is 171 Å². The predicted octanol–water partition coefficient (Wildman–Crippen LogP) is -9.20. The van der Waals surface area contributed by atoms with Gasteiger partial charge in [-0.2, -0.15) is 0 Å². The zero-order valence-electron chi connectivity index (χ0n) is 62.0. The third kappa shape index (κ3) is 23.7. The molecule has 0 aromatic heterocycles. The fourth-order valence-electron chi connectivity index (χ4n) is 15.1. The Balaban J connectivity index is 1.34. The van der Waals surface area contributed by atoms with Crippen molar-refractivity contribution in [1.29, 1.82) is 0 Å². The molecule has 0 N–H and O–H groups in total. The number of ether oxygens (including phenoxy) is 28. The summed E-state index contributed by atoms with van der Waals surface area (Å²) in [6, 6.07) is 0. The molecule has 112 heavy (non-hydrogen) atoms. The first-order valence-corrected chi connectivity index (χ1v) is 44.4. The Morgan fingerprint density at radius 1 is 0.170 bits per heavy atom. The maximum atomic E-state index is 13.0. The second-order valence-electron chi connectivity index (χ2n) is 26.4. The summed E-state index contributed by atoms with van der Waals surface area (Å²) in [6.07, 6.45) is -70.5. The van der Waals surface area contributed by atoms with Crippen LogP contribution in [0.4, 0.5) is 0 Å². The Hall–Kier alpha value is -1.75. The monoisotopic (exact) mass is 1770 g/mol. The second kappa shape index (κ2) is 39.4. The lowest BCUT2D eigenvalue weighted by Gasteiger charge is -2.53. The van der Waals surface area contributed by atoms with Crippen LogP contribution in [-0.4, -0.2) is 446 Å². The van der Waals surface area contributed by atoms with Gasteiger partial charge in [-0.1, -0.05) is 0 Å². The van der Waals surface area contributed by atoms with Crippen molar-refractivity contribution in [3.05, 3.63) is 0 Å². The van der Waals surface area contributed by atoms with Gasteiger partial charge in [-0.3, -0.25) is 0 Å². The molecular formula is C56H91O49S7-7. The van der Waals surface area contributed by atoms with Crippen molar-refractivity contribution in [1.82, 2.24) is 0 Å². The summed E-state index contributed by atoms with van der Waals surface area (Å²) in [6.45, 7) is 0. The number of hydrogen-bond acceptors (Lipinski definition) is 49. The van der Waals surface area contributed by atoms with E-state index in [1.165, 1.54) is 0 Å². The van der Waals surface area contributed by atoms with Crippen molar-refractivity contribution in [2.75, 3.05) is 140 Å². The van der Waals surface area contributed by atoms with Crippen molar-refractivity contribution in [2.45, 2.75) is 215 Å². The molecule has 0 amide bonds. The first-order valence-electron chi connectivity index (χ1n) is 33.3. The largest absolute Gasteiger partial charge is 0.748 e. The van der Waals surface area contributed by atoms with Gasteiger partial charge in [-0.05, 0) is 0 Å². The Morgan fingerprint density at radius 3 is 0.330 bits per heavy atom. The molecule has 21 aliphatic heterocycles. The quantitative estimate of drug-likeness (QED) is 0.0656. The van der Waals surface area contributed by atoms with E-state index in [0.29, 0.717) is 0 Å². The third-order valence-corrected chi connectivity index (χ3v) is 24.7. The highest BCUT2D eigenvalue weighted by molar-refractivity contribution is 7.87. The molecule has 56 heteroatoms. The lowest BCUT2D eigenvalue weighted by molar-refractivity contribution is -0.395. The van der Waals surface area contributed by atoms with Gasteiger partial charge in [-0.25, -0.2) is 58.9 Å². The molecular weight excluding hydrogens is 1680 g/mol. The molecule has 0 aliphatic carbocycles. The van der Waals surface area contributed by atoms with E-state index in [4.69, 9.17) is 133 Å². The SMILES string of the molecule is CO[C@H]1[C@H]2OC3O[C@H](CS(=O)(=O)[O-])[C@@H](O[C@H]4O[C@H](CS(=O)(=O)[O-])[C@@H](O[C@H]5O[C@H](CS(=O)(=O)[O-])[C@@H](O[C@H]6O[C@H](CS(=O)(=O)[O-])[C@@H](O[C@@H]7O[C@@H](CS(=O)(=O)[O-])[C@H](O[C@@H]8O[C@@H](CS(=O)(=O)[O-])[C@H](O[C@H](O[C@H]2CS(=O)(=O)[O-])[C@@H]1OC)[C@H](OC)[C@H]8OC)[C@H](OC)[C@H]7OC)[C@@H](OC)[C@@H]6OC)[C@@H](OC)[C@@H]5OC)[C@@H](OC)[C@@H]4OC)[C@@H](OC)[C@H]3OC. The highest BCUT2D eigenvalue weighted by atomic mass is 32.2. The van der Waals surface area contributed by atoms with Gasteiger partial charge in [0.2, 0.25) is 0 Å². The van der Waals surface area contributed by atoms with Gasteiger partial charge in [-0.15, -0.1) is 0 Å². The van der Waals surface area contributed by atoms with E-state index in [0.717, 1.165) is 99.5 Å². The van der Waals surface area contributed by atoms with E-state index in [-0.39, 0.29) is 0 Å². The van der Waals surface area contributed by atoms with Crippen molar-refractivity contribution < 1.29 is 223 Å². The summed E-state index contributed by atoms with van der Waals surface area (Å²) in [4.78, 5) is 0. The summed E-state index contributed by atoms with van der Waals surface area (Å²) >= 11 is 0. The van der Waals surface area contributed by atoms with Crippen LogP contribution in [0.15, 0.2) is 0 Å². The molecule has 21 aliphatic rings. The van der Waals surface area contributed by atoms with Crippen LogP contribution >= 0.6 is 0 Å². The Labute approximate surface area is 645 Å². The Kier molecular flexibility index (Phi) is 33.7. The summed E-state index contributed by atoms with van der Waals surface area (Å²) < 4.78 is 443. The lowest BCUT2D eigenvalue weighted by atomic mass is 9.95. The molecule has 658 valence electrons. The number of methoxy groups -OCH3 is 14. The van der Waals surface area contributed by atoms with Crippen LogP contribution < -0.4 is 0 Å². The highest BCUT2D eigenvalue weighted by Gasteiger charge is 2.63. The topological polar surface area (TPSA) is 659 Å². The van der Waals surface area contributed by atoms with Gasteiger partial charge in [0.05, 0.1) is 111 Å². The van der Waals surface area contributed by atoms with Crippen LogP contribution in [0.3, 0.4) is 0 Å². The molecule has 1 unspecified atom stereocenters. The van der Waals surface area contributed by atoms with Crippen molar-refractivity contribution in [3.63, 3.8) is 0 Å². The van der Waals surface area contributed by atoms with Gasteiger partial charge in [0.15, 0.2) is 44.0 Å². The molecule has 0 spiro atoms. The Bertz CT molecular complexity index is 3160. The zero-order valence-corrected chi connectivity index (χ0v) is 67.7. The van der Waals surface area contributed by atoms with Crippen molar-refractivity contribution in [2.24, 2.45) is 0 Å². The molecule has 21 fully saturated rings. The van der Waals surface area contributed by atoms with E-state index in [1.807, 2.05) is 0 Å². The molecule has 14 bridgehead atoms. The van der Waals surface area contributed by atoms with Gasteiger partial charge in [0, 0.05) is 99.5 Å². The molecule has 21 rings (SSSR count). The summed E-state index contributed by atoms with van der Waals surface area (Å²) in [5.41, 5.74) is 0. The fourth-order valence-corrected chi connectivity index (χ4v) is 19.8. The number of hydrogen-bond donors (Lipinski definition) is 0. The van der Waals surface area contributed by atoms with Crippen LogP contribution in [0.25, 0.3) is 0 Å². The average molecular weight is 1770 g/mol. The second-order valence-corrected chi connectivity index (χ2v) is 36.5. The van der Waals surface area contributed by atoms with Gasteiger partial charge in [0.25, 0.3) is 0 Å². The first kappa shape index (κ1) is 95.7. The van der Waals surface area contributed by atoms with Crippen LogP contribution in [0, 0.1) is 0 Å². The van der Waals surface area contributed by atoms with Crippen molar-refractivity contribution in [3.8, 4) is 0 Å². The van der Waals surface area contributed by atoms with E-state index >= 15 is 0 Å². The smallest absolute Gasteiger partial charge is 0.187 e. The molecule has 0 radical (unpaired) electrons. The minimum absolute atomic E-state index is 0.986. The Morgan fingerprint density at radius 2 is 0.259 bits per heavy atom. The van der Waals surface area contributed by atoms with E-state index < -0.39 is 326 Å². The first-order chi connectivity index (χ1) is 52.2. The summed E-state index contributed by atoms with van der Waals surface area (Å²) in [5.74, 6) is -11.3. The molecule has 49 nitrogen and oxygen atoms in total. The van der Waals surface area contributed by atoms with Crippen LogP contribution in [0.5, 0.6) is 0 Å². The maximum Gasteiger partial charge on any atom is 0.187 e. The molecule has 21 heterocycles. The van der Waals surface area contributed by atoms with Gasteiger partial charge >= 0.3 is 0 Å². The molecule has 35 atom stereocenters. The normalized spacial score (nSPS) is 42.8. The summed E-state index contributed by atoms with van der Waals surface area (Å²) in [7, 11) is -25.0. The molecule has 0 saturated carbocycles. The fraction of sp³-hybridized carbons (Fsp3) is 1.00. The predicted molar refractivity (Wildman–Crippen MR) is 348 cm³/mol. The van der Waals surface area contributed by atoms with Gasteiger partial charge < -0.3 is 165 Å². The lowest BCUT2D eigenvalue weighted by Crippen LogP contribution is -2.69.